The van der Waals surface area contributed by atoms with Crippen LogP contribution in [0.3, 0.4) is 0 Å². The Labute approximate surface area is 203 Å². The SMILES string of the molecule is O=CN1CCCC(C2CCCN2c2nc3c(c(Nc4cc(C5CCCC5)[nH]n4)n2)CC(F)(F)C3)C1. The van der Waals surface area contributed by atoms with Gasteiger partial charge in [-0.25, -0.2) is 13.8 Å². The van der Waals surface area contributed by atoms with Crippen molar-refractivity contribution in [3.05, 3.63) is 23.0 Å². The topological polar surface area (TPSA) is 90.0 Å². The minimum Gasteiger partial charge on any atom is -0.345 e. The summed E-state index contributed by atoms with van der Waals surface area (Å²) in [5.74, 6) is -0.421. The maximum absolute atomic E-state index is 14.5. The first kappa shape index (κ1) is 22.7. The zero-order valence-corrected chi connectivity index (χ0v) is 20.0. The number of carbonyl (C=O) groups excluding carboxylic acids is 1. The van der Waals surface area contributed by atoms with E-state index in [0.717, 1.165) is 70.3 Å². The van der Waals surface area contributed by atoms with Gasteiger partial charge in [0.15, 0.2) is 5.82 Å². The first-order valence-electron chi connectivity index (χ1n) is 13.0. The largest absolute Gasteiger partial charge is 0.345 e. The molecule has 2 aromatic heterocycles. The lowest BCUT2D eigenvalue weighted by atomic mass is 9.89. The molecule has 0 aromatic carbocycles. The van der Waals surface area contributed by atoms with E-state index in [-0.39, 0.29) is 18.9 Å². The molecule has 2 saturated heterocycles. The molecule has 3 fully saturated rings. The van der Waals surface area contributed by atoms with Gasteiger partial charge in [0.1, 0.15) is 5.82 Å². The number of aromatic amines is 1. The van der Waals surface area contributed by atoms with Gasteiger partial charge in [-0.2, -0.15) is 10.1 Å². The highest BCUT2D eigenvalue weighted by molar-refractivity contribution is 5.61. The van der Waals surface area contributed by atoms with Gasteiger partial charge >= 0.3 is 0 Å². The number of hydrogen-bond donors (Lipinski definition) is 2. The number of halogens is 2. The summed E-state index contributed by atoms with van der Waals surface area (Å²) in [5, 5.41) is 10.8. The van der Waals surface area contributed by atoms with Crippen molar-refractivity contribution in [2.24, 2.45) is 5.92 Å². The van der Waals surface area contributed by atoms with Crippen molar-refractivity contribution < 1.29 is 13.6 Å². The summed E-state index contributed by atoms with van der Waals surface area (Å²) in [6.45, 7) is 2.33. The maximum Gasteiger partial charge on any atom is 0.257 e. The van der Waals surface area contributed by atoms with Crippen LogP contribution in [-0.2, 0) is 17.6 Å². The second kappa shape index (κ2) is 9.02. The lowest BCUT2D eigenvalue weighted by Crippen LogP contribution is -2.45. The number of nitrogens with one attached hydrogen (secondary N) is 2. The molecule has 4 heterocycles. The van der Waals surface area contributed by atoms with Crippen LogP contribution >= 0.6 is 0 Å². The molecule has 0 radical (unpaired) electrons. The van der Waals surface area contributed by atoms with Gasteiger partial charge in [0.05, 0.1) is 12.1 Å². The fraction of sp³-hybridized carbons (Fsp3) is 0.680. The van der Waals surface area contributed by atoms with E-state index in [1.165, 1.54) is 12.8 Å². The van der Waals surface area contributed by atoms with Gasteiger partial charge in [0, 0.05) is 55.3 Å². The molecule has 35 heavy (non-hydrogen) atoms. The summed E-state index contributed by atoms with van der Waals surface area (Å²) in [5.41, 5.74) is 2.01. The van der Waals surface area contributed by atoms with Crippen LogP contribution in [0.1, 0.15) is 74.2 Å². The smallest absolute Gasteiger partial charge is 0.257 e. The van der Waals surface area contributed by atoms with Crippen LogP contribution in [0.5, 0.6) is 0 Å². The minimum atomic E-state index is -2.81. The summed E-state index contributed by atoms with van der Waals surface area (Å²) in [4.78, 5) is 24.9. The molecule has 0 spiro atoms. The summed E-state index contributed by atoms with van der Waals surface area (Å²) in [6, 6.07) is 2.20. The molecule has 2 aliphatic carbocycles. The van der Waals surface area contributed by atoms with Crippen LogP contribution in [0.2, 0.25) is 0 Å². The summed E-state index contributed by atoms with van der Waals surface area (Å²) < 4.78 is 28.9. The second-order valence-electron chi connectivity index (χ2n) is 10.7. The Morgan fingerprint density at radius 1 is 1.06 bits per heavy atom. The Kier molecular flexibility index (Phi) is 5.84. The van der Waals surface area contributed by atoms with Gasteiger partial charge in [-0.05, 0) is 44.4 Å². The molecule has 1 amide bonds. The molecule has 8 nitrogen and oxygen atoms in total. The molecule has 10 heteroatoms. The van der Waals surface area contributed by atoms with Crippen molar-refractivity contribution in [1.29, 1.82) is 0 Å². The van der Waals surface area contributed by atoms with Gasteiger partial charge in [-0.1, -0.05) is 12.8 Å². The Morgan fingerprint density at radius 2 is 1.89 bits per heavy atom. The van der Waals surface area contributed by atoms with Crippen molar-refractivity contribution in [2.75, 3.05) is 29.9 Å². The van der Waals surface area contributed by atoms with Crippen molar-refractivity contribution in [3.8, 4) is 0 Å². The number of likely N-dealkylation sites (tertiary alicyclic amines) is 1. The van der Waals surface area contributed by atoms with E-state index in [9.17, 15) is 13.6 Å². The predicted molar refractivity (Wildman–Crippen MR) is 128 cm³/mol. The summed E-state index contributed by atoms with van der Waals surface area (Å²) >= 11 is 0. The Hall–Kier alpha value is -2.78. The monoisotopic (exact) mass is 485 g/mol. The Morgan fingerprint density at radius 3 is 2.71 bits per heavy atom. The van der Waals surface area contributed by atoms with Gasteiger partial charge in [-0.15, -0.1) is 0 Å². The number of alkyl halides is 2. The molecule has 2 aliphatic heterocycles. The number of fused-ring (bicyclic) bond motifs is 1. The van der Waals surface area contributed by atoms with E-state index in [2.05, 4.69) is 25.4 Å². The number of amides is 1. The van der Waals surface area contributed by atoms with E-state index in [1.54, 1.807) is 0 Å². The third-order valence-electron chi connectivity index (χ3n) is 8.32. The van der Waals surface area contributed by atoms with Crippen molar-refractivity contribution in [1.82, 2.24) is 25.1 Å². The molecular formula is C25H33F2N7O. The van der Waals surface area contributed by atoms with Crippen LogP contribution in [0.25, 0.3) is 0 Å². The highest BCUT2D eigenvalue weighted by Gasteiger charge is 2.42. The van der Waals surface area contributed by atoms with Crippen LogP contribution in [0.15, 0.2) is 6.07 Å². The number of piperidine rings is 1. The third-order valence-corrected chi connectivity index (χ3v) is 8.32. The minimum absolute atomic E-state index is 0.213. The molecule has 4 aliphatic rings. The molecule has 2 atom stereocenters. The standard InChI is InChI=1S/C25H33F2N7O/c26-25(27)12-18-20(13-25)28-24(34-10-4-8-21(34)17-7-3-9-33(14-17)15-35)30-23(18)29-22-11-19(31-32-22)16-5-1-2-6-16/h11,15-17,21H,1-10,12-14H2,(H2,28,29,30,31,32). The number of anilines is 3. The van der Waals surface area contributed by atoms with Crippen molar-refractivity contribution >= 4 is 24.0 Å². The average Bonchev–Trinajstić information content (AvgIpc) is 3.64. The summed E-state index contributed by atoms with van der Waals surface area (Å²) in [7, 11) is 0. The number of rotatable bonds is 6. The number of nitrogens with zero attached hydrogens (tertiary/aromatic N) is 5. The zero-order valence-electron chi connectivity index (χ0n) is 20.0. The molecule has 6 rings (SSSR count). The quantitative estimate of drug-likeness (QED) is 0.597. The van der Waals surface area contributed by atoms with E-state index >= 15 is 0 Å². The lowest BCUT2D eigenvalue weighted by molar-refractivity contribution is -0.119. The number of carbonyl (C=O) groups is 1. The molecule has 2 N–H and O–H groups in total. The maximum atomic E-state index is 14.5. The molecule has 1 saturated carbocycles. The molecule has 2 aromatic rings. The first-order valence-corrected chi connectivity index (χ1v) is 13.0. The lowest BCUT2D eigenvalue weighted by Gasteiger charge is -2.37. The third kappa shape index (κ3) is 4.47. The van der Waals surface area contributed by atoms with E-state index in [0.29, 0.717) is 40.7 Å². The second-order valence-corrected chi connectivity index (χ2v) is 10.7. The highest BCUT2D eigenvalue weighted by atomic mass is 19.3. The van der Waals surface area contributed by atoms with Gasteiger partial charge in [0.2, 0.25) is 12.4 Å². The van der Waals surface area contributed by atoms with E-state index in [1.807, 2.05) is 11.0 Å². The Balaban J connectivity index is 1.29. The van der Waals surface area contributed by atoms with Crippen molar-refractivity contribution in [2.45, 2.75) is 82.1 Å². The fourth-order valence-electron chi connectivity index (χ4n) is 6.60. The molecular weight excluding hydrogens is 452 g/mol. The van der Waals surface area contributed by atoms with Gasteiger partial charge < -0.3 is 15.1 Å². The van der Waals surface area contributed by atoms with Crippen LogP contribution in [0, 0.1) is 5.92 Å². The van der Waals surface area contributed by atoms with Crippen LogP contribution in [0.4, 0.5) is 26.4 Å². The van der Waals surface area contributed by atoms with Crippen LogP contribution in [-0.4, -0.2) is 63.1 Å². The number of H-pyrrole nitrogens is 1. The average molecular weight is 486 g/mol. The van der Waals surface area contributed by atoms with Gasteiger partial charge in [-0.3, -0.25) is 9.89 Å². The van der Waals surface area contributed by atoms with E-state index in [4.69, 9.17) is 4.98 Å². The van der Waals surface area contributed by atoms with Gasteiger partial charge in [0.25, 0.3) is 5.92 Å². The zero-order chi connectivity index (χ0) is 24.0. The highest BCUT2D eigenvalue weighted by Crippen LogP contribution is 2.40. The number of aromatic nitrogens is 4. The predicted octanol–water partition coefficient (Wildman–Crippen LogP) is 4.17. The first-order chi connectivity index (χ1) is 17.0. The fourth-order valence-corrected chi connectivity index (χ4v) is 6.60. The number of hydrogen-bond acceptors (Lipinski definition) is 6. The molecule has 2 unspecified atom stereocenters. The molecule has 188 valence electrons. The van der Waals surface area contributed by atoms with E-state index < -0.39 is 5.92 Å². The molecule has 0 bridgehead atoms. The normalized spacial score (nSPS) is 26.3. The summed E-state index contributed by atoms with van der Waals surface area (Å²) in [6.07, 6.45) is 9.03. The van der Waals surface area contributed by atoms with Crippen LogP contribution < -0.4 is 10.2 Å². The van der Waals surface area contributed by atoms with Crippen molar-refractivity contribution in [3.63, 3.8) is 0 Å². The Bertz CT molecular complexity index is 1080.